The standard InChI is InChI=1S/C14H11BrClF2NO/c1-19-7-8-2-9(17)4-10(3-8)20-14-6-13(18)12(16)5-11(14)15/h2-6,19H,7H2,1H3. The first-order chi connectivity index (χ1) is 9.49. The van der Waals surface area contributed by atoms with Crippen LogP contribution in [0.3, 0.4) is 0 Å². The number of benzene rings is 2. The van der Waals surface area contributed by atoms with Gasteiger partial charge >= 0.3 is 0 Å². The molecule has 2 aromatic carbocycles. The summed E-state index contributed by atoms with van der Waals surface area (Å²) in [5.74, 6) is -0.499. The highest BCUT2D eigenvalue weighted by molar-refractivity contribution is 9.10. The fourth-order valence-electron chi connectivity index (χ4n) is 1.70. The van der Waals surface area contributed by atoms with Gasteiger partial charge in [-0.15, -0.1) is 0 Å². The maximum absolute atomic E-state index is 13.5. The molecule has 0 unspecified atom stereocenters. The molecule has 0 bridgehead atoms. The van der Waals surface area contributed by atoms with Crippen LogP contribution in [-0.4, -0.2) is 7.05 Å². The van der Waals surface area contributed by atoms with Gasteiger partial charge in [0, 0.05) is 18.7 Å². The van der Waals surface area contributed by atoms with E-state index in [1.165, 1.54) is 18.2 Å². The van der Waals surface area contributed by atoms with Gasteiger partial charge in [-0.2, -0.15) is 0 Å². The van der Waals surface area contributed by atoms with Gasteiger partial charge in [-0.3, -0.25) is 0 Å². The van der Waals surface area contributed by atoms with Gasteiger partial charge in [0.15, 0.2) is 0 Å². The minimum Gasteiger partial charge on any atom is -0.456 e. The SMILES string of the molecule is CNCc1cc(F)cc(Oc2cc(F)c(Cl)cc2Br)c1. The van der Waals surface area contributed by atoms with Crippen LogP contribution in [0.4, 0.5) is 8.78 Å². The van der Waals surface area contributed by atoms with Crippen molar-refractivity contribution < 1.29 is 13.5 Å². The minimum absolute atomic E-state index is 0.0145. The van der Waals surface area contributed by atoms with E-state index in [4.69, 9.17) is 16.3 Å². The Labute approximate surface area is 128 Å². The maximum atomic E-state index is 13.5. The van der Waals surface area contributed by atoms with E-state index in [2.05, 4.69) is 21.2 Å². The second-order valence-corrected chi connectivity index (χ2v) is 5.39. The summed E-state index contributed by atoms with van der Waals surface area (Å²) in [6.07, 6.45) is 0. The lowest BCUT2D eigenvalue weighted by atomic mass is 10.2. The van der Waals surface area contributed by atoms with Crippen LogP contribution in [0.15, 0.2) is 34.8 Å². The fourth-order valence-corrected chi connectivity index (χ4v) is 2.42. The average Bonchev–Trinajstić information content (AvgIpc) is 2.35. The summed E-state index contributed by atoms with van der Waals surface area (Å²) in [5, 5.41) is 2.91. The van der Waals surface area contributed by atoms with E-state index < -0.39 is 11.6 Å². The minimum atomic E-state index is -0.600. The quantitative estimate of drug-likeness (QED) is 0.782. The van der Waals surface area contributed by atoms with Crippen LogP contribution in [0.25, 0.3) is 0 Å². The zero-order valence-electron chi connectivity index (χ0n) is 10.5. The van der Waals surface area contributed by atoms with Gasteiger partial charge < -0.3 is 10.1 Å². The van der Waals surface area contributed by atoms with Crippen molar-refractivity contribution >= 4 is 27.5 Å². The summed E-state index contributed by atoms with van der Waals surface area (Å²) in [5.41, 5.74) is 0.730. The highest BCUT2D eigenvalue weighted by atomic mass is 79.9. The molecule has 0 aliphatic carbocycles. The normalized spacial score (nSPS) is 10.7. The monoisotopic (exact) mass is 361 g/mol. The number of hydrogen-bond donors (Lipinski definition) is 1. The zero-order chi connectivity index (χ0) is 14.7. The Hall–Kier alpha value is -1.17. The van der Waals surface area contributed by atoms with Crippen LogP contribution in [0.1, 0.15) is 5.56 Å². The van der Waals surface area contributed by atoms with E-state index in [1.807, 2.05) is 0 Å². The summed E-state index contributed by atoms with van der Waals surface area (Å²) in [4.78, 5) is 0. The topological polar surface area (TPSA) is 21.3 Å². The van der Waals surface area contributed by atoms with Crippen LogP contribution < -0.4 is 10.1 Å². The van der Waals surface area contributed by atoms with E-state index in [0.29, 0.717) is 11.0 Å². The summed E-state index contributed by atoms with van der Waals surface area (Å²) in [6.45, 7) is 0.504. The second-order valence-electron chi connectivity index (χ2n) is 4.12. The van der Waals surface area contributed by atoms with Crippen molar-refractivity contribution in [1.82, 2.24) is 5.32 Å². The molecule has 0 heterocycles. The van der Waals surface area contributed by atoms with Crippen molar-refractivity contribution in [3.05, 3.63) is 57.0 Å². The molecule has 0 saturated heterocycles. The molecule has 2 rings (SSSR count). The molecular weight excluding hydrogens is 352 g/mol. The lowest BCUT2D eigenvalue weighted by Gasteiger charge is -2.10. The molecule has 0 aliphatic rings. The lowest BCUT2D eigenvalue weighted by molar-refractivity contribution is 0.467. The highest BCUT2D eigenvalue weighted by Gasteiger charge is 2.10. The van der Waals surface area contributed by atoms with E-state index >= 15 is 0 Å². The number of rotatable bonds is 4. The summed E-state index contributed by atoms with van der Waals surface area (Å²) < 4.78 is 32.9. The molecular formula is C14H11BrClF2NO. The molecule has 0 atom stereocenters. The van der Waals surface area contributed by atoms with Crippen molar-refractivity contribution in [2.75, 3.05) is 7.05 Å². The Morgan fingerprint density at radius 1 is 1.20 bits per heavy atom. The van der Waals surface area contributed by atoms with Crippen molar-refractivity contribution in [2.45, 2.75) is 6.54 Å². The zero-order valence-corrected chi connectivity index (χ0v) is 12.9. The van der Waals surface area contributed by atoms with Gasteiger partial charge in [-0.05, 0) is 46.7 Å². The second kappa shape index (κ2) is 6.52. The van der Waals surface area contributed by atoms with Crippen LogP contribution in [0.2, 0.25) is 5.02 Å². The lowest BCUT2D eigenvalue weighted by Crippen LogP contribution is -2.05. The molecule has 2 aromatic rings. The van der Waals surface area contributed by atoms with Crippen molar-refractivity contribution in [1.29, 1.82) is 0 Å². The third-order valence-corrected chi connectivity index (χ3v) is 3.42. The Balaban J connectivity index is 2.32. The Morgan fingerprint density at radius 2 is 1.95 bits per heavy atom. The smallest absolute Gasteiger partial charge is 0.145 e. The van der Waals surface area contributed by atoms with E-state index in [0.717, 1.165) is 11.6 Å². The number of nitrogens with one attached hydrogen (secondary N) is 1. The Bertz CT molecular complexity index is 637. The van der Waals surface area contributed by atoms with E-state index in [9.17, 15) is 8.78 Å². The first kappa shape index (κ1) is 15.2. The molecule has 2 nitrogen and oxygen atoms in total. The molecule has 0 saturated carbocycles. The summed E-state index contributed by atoms with van der Waals surface area (Å²) >= 11 is 8.88. The largest absolute Gasteiger partial charge is 0.456 e. The van der Waals surface area contributed by atoms with Gasteiger partial charge in [0.05, 0.1) is 9.50 Å². The summed E-state index contributed by atoms with van der Waals surface area (Å²) in [6, 6.07) is 6.85. The molecule has 0 fully saturated rings. The van der Waals surface area contributed by atoms with E-state index in [1.54, 1.807) is 13.1 Å². The average molecular weight is 363 g/mol. The fraction of sp³-hybridized carbons (Fsp3) is 0.143. The van der Waals surface area contributed by atoms with Crippen molar-refractivity contribution in [3.63, 3.8) is 0 Å². The molecule has 6 heteroatoms. The number of hydrogen-bond acceptors (Lipinski definition) is 2. The number of halogens is 4. The van der Waals surface area contributed by atoms with Crippen molar-refractivity contribution in [3.8, 4) is 11.5 Å². The molecule has 0 aromatic heterocycles. The Morgan fingerprint density at radius 3 is 2.65 bits per heavy atom. The third kappa shape index (κ3) is 3.69. The van der Waals surface area contributed by atoms with Gasteiger partial charge in [0.2, 0.25) is 0 Å². The van der Waals surface area contributed by atoms with Gasteiger partial charge in [0.25, 0.3) is 0 Å². The molecule has 20 heavy (non-hydrogen) atoms. The predicted molar refractivity (Wildman–Crippen MR) is 78.3 cm³/mol. The molecule has 0 amide bonds. The molecule has 0 spiro atoms. The third-order valence-electron chi connectivity index (χ3n) is 2.51. The molecule has 0 aliphatic heterocycles. The van der Waals surface area contributed by atoms with Gasteiger partial charge in [-0.25, -0.2) is 8.78 Å². The van der Waals surface area contributed by atoms with Gasteiger partial charge in [-0.1, -0.05) is 11.6 Å². The molecule has 1 N–H and O–H groups in total. The van der Waals surface area contributed by atoms with Gasteiger partial charge in [0.1, 0.15) is 23.1 Å². The molecule has 106 valence electrons. The first-order valence-corrected chi connectivity index (χ1v) is 6.93. The predicted octanol–water partition coefficient (Wildman–Crippen LogP) is 4.89. The first-order valence-electron chi connectivity index (χ1n) is 5.76. The van der Waals surface area contributed by atoms with Crippen LogP contribution >= 0.6 is 27.5 Å². The van der Waals surface area contributed by atoms with Crippen molar-refractivity contribution in [2.24, 2.45) is 0 Å². The number of ether oxygens (including phenoxy) is 1. The Kier molecular flexibility index (Phi) is 4.96. The highest BCUT2D eigenvalue weighted by Crippen LogP contribution is 2.34. The summed E-state index contributed by atoms with van der Waals surface area (Å²) in [7, 11) is 1.76. The van der Waals surface area contributed by atoms with E-state index in [-0.39, 0.29) is 16.5 Å². The van der Waals surface area contributed by atoms with Crippen LogP contribution in [0, 0.1) is 11.6 Å². The maximum Gasteiger partial charge on any atom is 0.145 e. The molecule has 0 radical (unpaired) electrons. The van der Waals surface area contributed by atoms with Crippen LogP contribution in [-0.2, 0) is 6.54 Å². The van der Waals surface area contributed by atoms with Crippen LogP contribution in [0.5, 0.6) is 11.5 Å².